The first kappa shape index (κ1) is 21.0. The van der Waals surface area contributed by atoms with E-state index in [0.717, 1.165) is 22.4 Å². The third-order valence-electron chi connectivity index (χ3n) is 4.96. The standard InChI is InChI=1S/C22H25N3O3S/c1-13-6-8-14(9-7-13)20(27)28-12-17(26)24-19-16(11-23)15-10-21(2,3)25-22(4,5)18(15)29-19/h6-9,25H,10,12H2,1-5H3,(H,24,26)/p+1. The van der Waals surface area contributed by atoms with Crippen LogP contribution in [0.3, 0.4) is 0 Å². The first-order valence-electron chi connectivity index (χ1n) is 9.49. The van der Waals surface area contributed by atoms with Gasteiger partial charge in [0.05, 0.1) is 21.5 Å². The molecule has 1 aliphatic heterocycles. The minimum absolute atomic E-state index is 0.0337. The van der Waals surface area contributed by atoms with Gasteiger partial charge in [0.2, 0.25) is 0 Å². The number of rotatable bonds is 4. The van der Waals surface area contributed by atoms with Gasteiger partial charge in [-0.2, -0.15) is 5.26 Å². The molecule has 6 nitrogen and oxygen atoms in total. The van der Waals surface area contributed by atoms with Gasteiger partial charge in [-0.1, -0.05) is 17.7 Å². The SMILES string of the molecule is Cc1ccc(C(=O)OCC(=O)Nc2sc3c(c2C#N)CC(C)(C)[NH2+]C3(C)C)cc1. The number of hydrogen-bond donors (Lipinski definition) is 2. The summed E-state index contributed by atoms with van der Waals surface area (Å²) in [6, 6.07) is 9.21. The fourth-order valence-corrected chi connectivity index (χ4v) is 5.24. The number of aryl methyl sites for hydroxylation is 1. The van der Waals surface area contributed by atoms with Gasteiger partial charge >= 0.3 is 5.97 Å². The Morgan fingerprint density at radius 3 is 2.52 bits per heavy atom. The summed E-state index contributed by atoms with van der Waals surface area (Å²) in [6.07, 6.45) is 0.753. The number of carbonyl (C=O) groups excluding carboxylic acids is 2. The summed E-state index contributed by atoms with van der Waals surface area (Å²) < 4.78 is 5.12. The molecule has 0 aliphatic carbocycles. The van der Waals surface area contributed by atoms with E-state index in [1.165, 1.54) is 11.3 Å². The molecule has 3 rings (SSSR count). The number of carbonyl (C=O) groups is 2. The molecule has 0 saturated carbocycles. The number of fused-ring (bicyclic) bond motifs is 1. The largest absolute Gasteiger partial charge is 0.452 e. The first-order valence-corrected chi connectivity index (χ1v) is 10.3. The highest BCUT2D eigenvalue weighted by molar-refractivity contribution is 7.16. The van der Waals surface area contributed by atoms with Crippen LogP contribution in [0.5, 0.6) is 0 Å². The maximum atomic E-state index is 12.4. The summed E-state index contributed by atoms with van der Waals surface area (Å²) in [7, 11) is 0. The summed E-state index contributed by atoms with van der Waals surface area (Å²) in [5.41, 5.74) is 2.72. The van der Waals surface area contributed by atoms with Gasteiger partial charge in [0.25, 0.3) is 5.91 Å². The molecule has 29 heavy (non-hydrogen) atoms. The molecular weight excluding hydrogens is 386 g/mol. The minimum atomic E-state index is -0.552. The Labute approximate surface area is 174 Å². The molecule has 7 heteroatoms. The number of ether oxygens (including phenoxy) is 1. The topological polar surface area (TPSA) is 95.8 Å². The molecule has 0 atom stereocenters. The normalized spacial score (nSPS) is 16.4. The Balaban J connectivity index is 1.73. The molecule has 1 aromatic carbocycles. The van der Waals surface area contributed by atoms with Crippen molar-refractivity contribution in [3.05, 3.63) is 51.4 Å². The van der Waals surface area contributed by atoms with Crippen LogP contribution in [0.25, 0.3) is 0 Å². The molecule has 1 aliphatic rings. The van der Waals surface area contributed by atoms with Gasteiger partial charge in [0.15, 0.2) is 6.61 Å². The fourth-order valence-electron chi connectivity index (χ4n) is 3.98. The summed E-state index contributed by atoms with van der Waals surface area (Å²) in [6.45, 7) is 10.1. The molecular formula is C22H26N3O3S+. The second-order valence-corrected chi connectivity index (χ2v) is 9.77. The number of amides is 1. The molecule has 2 aromatic rings. The number of nitrogens with one attached hydrogen (secondary N) is 1. The average molecular weight is 413 g/mol. The lowest BCUT2D eigenvalue weighted by Crippen LogP contribution is -3.03. The van der Waals surface area contributed by atoms with Crippen molar-refractivity contribution in [3.63, 3.8) is 0 Å². The number of anilines is 1. The number of nitriles is 1. The van der Waals surface area contributed by atoms with Gasteiger partial charge < -0.3 is 15.4 Å². The highest BCUT2D eigenvalue weighted by Crippen LogP contribution is 2.41. The third-order valence-corrected chi connectivity index (χ3v) is 6.45. The number of hydrogen-bond acceptors (Lipinski definition) is 5. The zero-order valence-electron chi connectivity index (χ0n) is 17.4. The maximum absolute atomic E-state index is 12.4. The summed E-state index contributed by atoms with van der Waals surface area (Å²) in [4.78, 5) is 25.6. The van der Waals surface area contributed by atoms with Crippen molar-refractivity contribution in [2.45, 2.75) is 52.1 Å². The van der Waals surface area contributed by atoms with E-state index in [1.807, 2.05) is 19.1 Å². The summed E-state index contributed by atoms with van der Waals surface area (Å²) >= 11 is 1.43. The average Bonchev–Trinajstić information content (AvgIpc) is 2.96. The monoisotopic (exact) mass is 412 g/mol. The Bertz CT molecular complexity index is 998. The van der Waals surface area contributed by atoms with Crippen molar-refractivity contribution >= 4 is 28.2 Å². The van der Waals surface area contributed by atoms with E-state index < -0.39 is 18.5 Å². The molecule has 1 amide bonds. The van der Waals surface area contributed by atoms with Crippen LogP contribution in [0.1, 0.15) is 59.6 Å². The van der Waals surface area contributed by atoms with E-state index in [0.29, 0.717) is 16.1 Å². The van der Waals surface area contributed by atoms with Crippen LogP contribution in [-0.2, 0) is 21.5 Å². The van der Waals surface area contributed by atoms with Gasteiger partial charge in [-0.25, -0.2) is 4.79 Å². The van der Waals surface area contributed by atoms with Crippen LogP contribution >= 0.6 is 11.3 Å². The second-order valence-electron chi connectivity index (χ2n) is 8.75. The third kappa shape index (κ3) is 4.50. The Morgan fingerprint density at radius 1 is 1.24 bits per heavy atom. The smallest absolute Gasteiger partial charge is 0.338 e. The molecule has 0 bridgehead atoms. The van der Waals surface area contributed by atoms with E-state index in [9.17, 15) is 14.9 Å². The van der Waals surface area contributed by atoms with Crippen molar-refractivity contribution < 1.29 is 19.6 Å². The molecule has 0 radical (unpaired) electrons. The van der Waals surface area contributed by atoms with Crippen molar-refractivity contribution in [1.82, 2.24) is 0 Å². The Hall–Kier alpha value is -2.69. The van der Waals surface area contributed by atoms with Gasteiger partial charge in [0, 0.05) is 6.42 Å². The zero-order valence-corrected chi connectivity index (χ0v) is 18.2. The summed E-state index contributed by atoms with van der Waals surface area (Å²) in [5.74, 6) is -1.01. The van der Waals surface area contributed by atoms with Gasteiger partial charge in [0.1, 0.15) is 16.6 Å². The van der Waals surface area contributed by atoms with E-state index in [2.05, 4.69) is 44.4 Å². The van der Waals surface area contributed by atoms with Crippen LogP contribution in [0, 0.1) is 18.3 Å². The maximum Gasteiger partial charge on any atom is 0.338 e. The predicted molar refractivity (Wildman–Crippen MR) is 112 cm³/mol. The van der Waals surface area contributed by atoms with E-state index >= 15 is 0 Å². The van der Waals surface area contributed by atoms with Crippen molar-refractivity contribution in [3.8, 4) is 6.07 Å². The number of benzene rings is 1. The molecule has 0 unspecified atom stereocenters. The zero-order chi connectivity index (χ0) is 21.4. The van der Waals surface area contributed by atoms with Gasteiger partial charge in [-0.05, 0) is 52.3 Å². The summed E-state index contributed by atoms with van der Waals surface area (Å²) in [5, 5.41) is 15.3. The van der Waals surface area contributed by atoms with Gasteiger partial charge in [-0.3, -0.25) is 4.79 Å². The highest BCUT2D eigenvalue weighted by atomic mass is 32.1. The Morgan fingerprint density at radius 2 is 1.90 bits per heavy atom. The molecule has 152 valence electrons. The van der Waals surface area contributed by atoms with Crippen LogP contribution in [0.2, 0.25) is 0 Å². The molecule has 2 heterocycles. The predicted octanol–water partition coefficient (Wildman–Crippen LogP) is 2.86. The number of nitrogens with zero attached hydrogens (tertiary/aromatic N) is 1. The molecule has 0 spiro atoms. The molecule has 0 saturated heterocycles. The number of thiophene rings is 1. The van der Waals surface area contributed by atoms with E-state index in [4.69, 9.17) is 4.74 Å². The van der Waals surface area contributed by atoms with E-state index in [-0.39, 0.29) is 11.1 Å². The molecule has 3 N–H and O–H groups in total. The number of quaternary nitrogens is 1. The highest BCUT2D eigenvalue weighted by Gasteiger charge is 2.44. The lowest BCUT2D eigenvalue weighted by Gasteiger charge is -2.38. The second kappa shape index (κ2) is 7.62. The van der Waals surface area contributed by atoms with Crippen LogP contribution in [0.15, 0.2) is 24.3 Å². The van der Waals surface area contributed by atoms with Crippen LogP contribution < -0.4 is 10.6 Å². The van der Waals surface area contributed by atoms with Gasteiger partial charge in [-0.15, -0.1) is 11.3 Å². The first-order chi connectivity index (χ1) is 13.5. The quantitative estimate of drug-likeness (QED) is 0.755. The van der Waals surface area contributed by atoms with Crippen molar-refractivity contribution in [2.24, 2.45) is 0 Å². The van der Waals surface area contributed by atoms with Crippen molar-refractivity contribution in [2.75, 3.05) is 11.9 Å². The minimum Gasteiger partial charge on any atom is -0.452 e. The molecule has 1 aromatic heterocycles. The fraction of sp³-hybridized carbons (Fsp3) is 0.409. The molecule has 0 fully saturated rings. The number of esters is 1. The Kier molecular flexibility index (Phi) is 5.52. The lowest BCUT2D eigenvalue weighted by atomic mass is 9.81. The van der Waals surface area contributed by atoms with Crippen LogP contribution in [-0.4, -0.2) is 24.0 Å². The van der Waals surface area contributed by atoms with Crippen molar-refractivity contribution in [1.29, 1.82) is 5.26 Å². The lowest BCUT2D eigenvalue weighted by molar-refractivity contribution is -0.789. The number of nitrogens with two attached hydrogens (primary N) is 1. The van der Waals surface area contributed by atoms with E-state index in [1.54, 1.807) is 12.1 Å². The van der Waals surface area contributed by atoms with Crippen LogP contribution in [0.4, 0.5) is 5.00 Å².